The highest BCUT2D eigenvalue weighted by molar-refractivity contribution is 5.47. The Bertz CT molecular complexity index is 470. The van der Waals surface area contributed by atoms with Crippen LogP contribution in [0.5, 0.6) is 0 Å². The lowest BCUT2D eigenvalue weighted by Crippen LogP contribution is -2.24. The van der Waals surface area contributed by atoms with E-state index < -0.39 is 34.8 Å². The molecule has 1 rings (SSSR count). The fourth-order valence-electron chi connectivity index (χ4n) is 2.03. The molecule has 0 radical (unpaired) electrons. The van der Waals surface area contributed by atoms with Crippen molar-refractivity contribution in [3.8, 4) is 0 Å². The zero-order chi connectivity index (χ0) is 16.2. The average Bonchev–Trinajstić information content (AvgIpc) is 2.43. The minimum atomic E-state index is -2.14. The van der Waals surface area contributed by atoms with E-state index in [9.17, 15) is 22.0 Å². The molecule has 0 aliphatic carbocycles. The third kappa shape index (κ3) is 4.32. The van der Waals surface area contributed by atoms with Gasteiger partial charge in [0.15, 0.2) is 23.3 Å². The van der Waals surface area contributed by atoms with E-state index in [2.05, 4.69) is 12.2 Å². The molecule has 0 bridgehead atoms. The Morgan fingerprint density at radius 3 is 1.76 bits per heavy atom. The Hall–Kier alpha value is -1.33. The molecular formula is C15H20F5N. The summed E-state index contributed by atoms with van der Waals surface area (Å²) in [4.78, 5) is 0. The van der Waals surface area contributed by atoms with E-state index in [1.165, 1.54) is 0 Å². The van der Waals surface area contributed by atoms with Gasteiger partial charge in [-0.2, -0.15) is 0 Å². The van der Waals surface area contributed by atoms with Crippen LogP contribution >= 0.6 is 0 Å². The lowest BCUT2D eigenvalue weighted by molar-refractivity contribution is 0.339. The van der Waals surface area contributed by atoms with Crippen molar-refractivity contribution in [1.29, 1.82) is 0 Å². The summed E-state index contributed by atoms with van der Waals surface area (Å²) < 4.78 is 66.1. The van der Waals surface area contributed by atoms with Gasteiger partial charge in [0.05, 0.1) is 0 Å². The Balaban J connectivity index is 2.85. The summed E-state index contributed by atoms with van der Waals surface area (Å²) in [5, 5.41) is 2.36. The van der Waals surface area contributed by atoms with E-state index in [0.717, 1.165) is 25.7 Å². The average molecular weight is 309 g/mol. The second-order valence-electron chi connectivity index (χ2n) is 5.92. The first-order valence-electron chi connectivity index (χ1n) is 6.96. The molecule has 120 valence electrons. The predicted molar refractivity (Wildman–Crippen MR) is 72.6 cm³/mol. The minimum Gasteiger partial charge on any atom is -0.380 e. The van der Waals surface area contributed by atoms with Crippen LogP contribution in [0.15, 0.2) is 0 Å². The number of anilines is 1. The van der Waals surface area contributed by atoms with Crippen molar-refractivity contribution >= 4 is 5.69 Å². The van der Waals surface area contributed by atoms with Gasteiger partial charge in [0, 0.05) is 6.54 Å². The second-order valence-corrected chi connectivity index (χ2v) is 5.92. The fraction of sp³-hybridized carbons (Fsp3) is 0.600. The first-order chi connectivity index (χ1) is 9.71. The maximum atomic E-state index is 13.5. The van der Waals surface area contributed by atoms with Crippen molar-refractivity contribution in [1.82, 2.24) is 0 Å². The number of benzene rings is 1. The molecule has 6 heteroatoms. The molecule has 0 saturated carbocycles. The first-order valence-corrected chi connectivity index (χ1v) is 6.96. The Morgan fingerprint density at radius 1 is 0.810 bits per heavy atom. The maximum Gasteiger partial charge on any atom is 0.200 e. The number of unbranched alkanes of at least 4 members (excludes halogenated alkanes) is 2. The van der Waals surface area contributed by atoms with Crippen LogP contribution in [0.3, 0.4) is 0 Å². The number of nitrogens with one attached hydrogen (secondary N) is 1. The number of halogens is 5. The lowest BCUT2D eigenvalue weighted by Gasteiger charge is -2.26. The molecule has 0 amide bonds. The van der Waals surface area contributed by atoms with Gasteiger partial charge in [-0.25, -0.2) is 22.0 Å². The molecule has 1 N–H and O–H groups in total. The van der Waals surface area contributed by atoms with Crippen LogP contribution < -0.4 is 5.32 Å². The van der Waals surface area contributed by atoms with E-state index in [1.54, 1.807) is 0 Å². The number of rotatable bonds is 7. The van der Waals surface area contributed by atoms with Crippen molar-refractivity contribution in [2.75, 3.05) is 11.9 Å². The second kappa shape index (κ2) is 7.09. The van der Waals surface area contributed by atoms with Crippen molar-refractivity contribution in [3.05, 3.63) is 29.1 Å². The highest BCUT2D eigenvalue weighted by Crippen LogP contribution is 2.30. The summed E-state index contributed by atoms with van der Waals surface area (Å²) in [6.07, 6.45) is 3.82. The molecular weight excluding hydrogens is 289 g/mol. The molecule has 0 fully saturated rings. The molecule has 0 aliphatic rings. The van der Waals surface area contributed by atoms with Gasteiger partial charge in [0.25, 0.3) is 0 Å². The lowest BCUT2D eigenvalue weighted by atomic mass is 9.87. The quantitative estimate of drug-likeness (QED) is 0.308. The number of hydrogen-bond acceptors (Lipinski definition) is 1. The third-order valence-corrected chi connectivity index (χ3v) is 3.41. The molecule has 1 aromatic carbocycles. The largest absolute Gasteiger partial charge is 0.380 e. The van der Waals surface area contributed by atoms with Gasteiger partial charge >= 0.3 is 0 Å². The van der Waals surface area contributed by atoms with Crippen molar-refractivity contribution < 1.29 is 22.0 Å². The number of hydrogen-bond donors (Lipinski definition) is 1. The third-order valence-electron chi connectivity index (χ3n) is 3.41. The Labute approximate surface area is 121 Å². The van der Waals surface area contributed by atoms with E-state index in [-0.39, 0.29) is 12.0 Å². The summed E-state index contributed by atoms with van der Waals surface area (Å²) in [6.45, 7) is 5.93. The molecule has 0 saturated heterocycles. The van der Waals surface area contributed by atoms with E-state index in [4.69, 9.17) is 0 Å². The van der Waals surface area contributed by atoms with Crippen LogP contribution in [-0.2, 0) is 0 Å². The summed E-state index contributed by atoms with van der Waals surface area (Å²) in [7, 11) is 0. The maximum absolute atomic E-state index is 13.5. The summed E-state index contributed by atoms with van der Waals surface area (Å²) in [5.74, 6) is -9.65. The zero-order valence-corrected chi connectivity index (χ0v) is 12.4. The minimum absolute atomic E-state index is 0.120. The van der Waals surface area contributed by atoms with Gasteiger partial charge < -0.3 is 5.32 Å². The monoisotopic (exact) mass is 309 g/mol. The highest BCUT2D eigenvalue weighted by atomic mass is 19.2. The van der Waals surface area contributed by atoms with E-state index in [0.29, 0.717) is 0 Å². The first kappa shape index (κ1) is 17.7. The molecule has 0 spiro atoms. The molecule has 21 heavy (non-hydrogen) atoms. The van der Waals surface area contributed by atoms with E-state index in [1.807, 2.05) is 13.8 Å². The van der Waals surface area contributed by atoms with Crippen LogP contribution in [0.1, 0.15) is 46.5 Å². The SMILES string of the molecule is CCCCCC(C)(C)CNc1c(F)c(F)c(F)c(F)c1F. The van der Waals surface area contributed by atoms with Gasteiger partial charge in [-0.05, 0) is 11.8 Å². The summed E-state index contributed by atoms with van der Waals surface area (Å²) >= 11 is 0. The van der Waals surface area contributed by atoms with Crippen LogP contribution in [-0.4, -0.2) is 6.54 Å². The molecule has 0 unspecified atom stereocenters. The van der Waals surface area contributed by atoms with Crippen molar-refractivity contribution in [2.24, 2.45) is 5.41 Å². The molecule has 0 atom stereocenters. The standard InChI is InChI=1S/C15H20F5N/c1-4-5-6-7-15(2,3)8-21-14-12(19)10(17)9(16)11(18)13(14)20/h21H,4-8H2,1-3H3. The predicted octanol–water partition coefficient (Wildman–Crippen LogP) is 5.40. The summed E-state index contributed by atoms with van der Waals surface area (Å²) in [5.41, 5.74) is -1.27. The van der Waals surface area contributed by atoms with Crippen LogP contribution in [0.2, 0.25) is 0 Å². The van der Waals surface area contributed by atoms with Crippen molar-refractivity contribution in [2.45, 2.75) is 46.5 Å². The smallest absolute Gasteiger partial charge is 0.200 e. The molecule has 0 aliphatic heterocycles. The van der Waals surface area contributed by atoms with Gasteiger partial charge in [0.1, 0.15) is 5.69 Å². The van der Waals surface area contributed by atoms with Gasteiger partial charge in [-0.1, -0.05) is 40.0 Å². The van der Waals surface area contributed by atoms with Crippen LogP contribution in [0.25, 0.3) is 0 Å². The van der Waals surface area contributed by atoms with Gasteiger partial charge in [0.2, 0.25) is 5.82 Å². The van der Waals surface area contributed by atoms with Gasteiger partial charge in [-0.15, -0.1) is 0 Å². The summed E-state index contributed by atoms with van der Waals surface area (Å²) in [6, 6.07) is 0. The highest BCUT2D eigenvalue weighted by Gasteiger charge is 2.27. The topological polar surface area (TPSA) is 12.0 Å². The Morgan fingerprint density at radius 2 is 1.29 bits per heavy atom. The van der Waals surface area contributed by atoms with Crippen LogP contribution in [0.4, 0.5) is 27.6 Å². The van der Waals surface area contributed by atoms with E-state index >= 15 is 0 Å². The Kier molecular flexibility index (Phi) is 5.98. The fourth-order valence-corrected chi connectivity index (χ4v) is 2.03. The van der Waals surface area contributed by atoms with Gasteiger partial charge in [-0.3, -0.25) is 0 Å². The molecule has 0 aromatic heterocycles. The zero-order valence-electron chi connectivity index (χ0n) is 12.4. The normalized spacial score (nSPS) is 11.8. The molecule has 0 heterocycles. The van der Waals surface area contributed by atoms with Crippen molar-refractivity contribution in [3.63, 3.8) is 0 Å². The molecule has 1 aromatic rings. The molecule has 1 nitrogen and oxygen atoms in total. The van der Waals surface area contributed by atoms with Crippen LogP contribution in [0, 0.1) is 34.5 Å².